The fourth-order valence-electron chi connectivity index (χ4n) is 1.32. The zero-order valence-corrected chi connectivity index (χ0v) is 6.25. The first-order valence-electron chi connectivity index (χ1n) is 3.74. The van der Waals surface area contributed by atoms with Crippen LogP contribution in [0.3, 0.4) is 0 Å². The standard InChI is InChI=1S/C9H10N2/c10-8-5-7-3-1-2-4-9(7)11-6-8/h1-2,5-6H,3-4,10H2. The van der Waals surface area contributed by atoms with Gasteiger partial charge in [-0.2, -0.15) is 0 Å². The van der Waals surface area contributed by atoms with Crippen molar-refractivity contribution in [3.63, 3.8) is 0 Å². The van der Waals surface area contributed by atoms with Crippen LogP contribution < -0.4 is 5.73 Å². The molecule has 0 unspecified atom stereocenters. The average Bonchev–Trinajstić information content (AvgIpc) is 2.04. The van der Waals surface area contributed by atoms with Gasteiger partial charge in [-0.3, -0.25) is 4.98 Å². The first-order valence-corrected chi connectivity index (χ1v) is 3.74. The number of nitrogens with two attached hydrogens (primary N) is 1. The van der Waals surface area contributed by atoms with E-state index in [1.165, 1.54) is 11.3 Å². The number of allylic oxidation sites excluding steroid dienone is 2. The number of nitrogens with zero attached hydrogens (tertiary/aromatic N) is 1. The van der Waals surface area contributed by atoms with Crippen molar-refractivity contribution in [3.8, 4) is 0 Å². The van der Waals surface area contributed by atoms with Crippen LogP contribution in [0.2, 0.25) is 0 Å². The Labute approximate surface area is 65.8 Å². The van der Waals surface area contributed by atoms with Crippen LogP contribution in [0.4, 0.5) is 5.69 Å². The molecule has 0 saturated carbocycles. The van der Waals surface area contributed by atoms with Gasteiger partial charge < -0.3 is 5.73 Å². The molecule has 2 heteroatoms. The topological polar surface area (TPSA) is 38.9 Å². The molecule has 0 spiro atoms. The van der Waals surface area contributed by atoms with Crippen molar-refractivity contribution in [2.75, 3.05) is 5.73 Å². The van der Waals surface area contributed by atoms with Gasteiger partial charge in [0.2, 0.25) is 0 Å². The van der Waals surface area contributed by atoms with E-state index in [0.717, 1.165) is 18.5 Å². The normalized spacial score (nSPS) is 14.5. The van der Waals surface area contributed by atoms with Gasteiger partial charge in [0.15, 0.2) is 0 Å². The van der Waals surface area contributed by atoms with Gasteiger partial charge >= 0.3 is 0 Å². The van der Waals surface area contributed by atoms with Gasteiger partial charge in [-0.1, -0.05) is 12.2 Å². The van der Waals surface area contributed by atoms with E-state index < -0.39 is 0 Å². The number of hydrogen-bond donors (Lipinski definition) is 1. The molecule has 2 nitrogen and oxygen atoms in total. The minimum Gasteiger partial charge on any atom is -0.397 e. The number of rotatable bonds is 0. The number of anilines is 1. The van der Waals surface area contributed by atoms with E-state index in [9.17, 15) is 0 Å². The summed E-state index contributed by atoms with van der Waals surface area (Å²) in [5.41, 5.74) is 8.80. The lowest BCUT2D eigenvalue weighted by molar-refractivity contribution is 1.01. The SMILES string of the molecule is Nc1cnc2c(c1)CC=CC2. The first-order chi connectivity index (χ1) is 5.36. The second-order valence-electron chi connectivity index (χ2n) is 2.75. The number of aromatic nitrogens is 1. The molecular weight excluding hydrogens is 136 g/mol. The van der Waals surface area contributed by atoms with Crippen molar-refractivity contribution < 1.29 is 0 Å². The molecule has 0 radical (unpaired) electrons. The Balaban J connectivity index is 2.48. The molecule has 56 valence electrons. The molecule has 0 amide bonds. The maximum Gasteiger partial charge on any atom is 0.0503 e. The Morgan fingerprint density at radius 2 is 2.09 bits per heavy atom. The van der Waals surface area contributed by atoms with Crippen LogP contribution in [0.1, 0.15) is 11.3 Å². The molecule has 0 fully saturated rings. The molecule has 1 heterocycles. The molecule has 0 aromatic carbocycles. The molecule has 11 heavy (non-hydrogen) atoms. The molecule has 0 saturated heterocycles. The maximum atomic E-state index is 5.60. The third-order valence-corrected chi connectivity index (χ3v) is 1.90. The molecule has 0 aliphatic heterocycles. The van der Waals surface area contributed by atoms with Crippen LogP contribution in [-0.2, 0) is 12.8 Å². The highest BCUT2D eigenvalue weighted by Gasteiger charge is 2.04. The molecule has 1 aliphatic carbocycles. The van der Waals surface area contributed by atoms with Crippen LogP contribution in [-0.4, -0.2) is 4.98 Å². The summed E-state index contributed by atoms with van der Waals surface area (Å²) >= 11 is 0. The van der Waals surface area contributed by atoms with Gasteiger partial charge in [0, 0.05) is 12.1 Å². The Morgan fingerprint density at radius 3 is 3.00 bits per heavy atom. The summed E-state index contributed by atoms with van der Waals surface area (Å²) in [5.74, 6) is 0. The average molecular weight is 146 g/mol. The van der Waals surface area contributed by atoms with Gasteiger partial charge in [0.05, 0.1) is 11.9 Å². The highest BCUT2D eigenvalue weighted by Crippen LogP contribution is 2.15. The Morgan fingerprint density at radius 1 is 1.27 bits per heavy atom. The van der Waals surface area contributed by atoms with Gasteiger partial charge in [-0.15, -0.1) is 0 Å². The van der Waals surface area contributed by atoms with E-state index in [1.807, 2.05) is 6.07 Å². The van der Waals surface area contributed by atoms with Crippen LogP contribution in [0.15, 0.2) is 24.4 Å². The molecule has 0 bridgehead atoms. The minimum absolute atomic E-state index is 0.763. The Kier molecular flexibility index (Phi) is 1.39. The number of fused-ring (bicyclic) bond motifs is 1. The Hall–Kier alpha value is -1.31. The van der Waals surface area contributed by atoms with E-state index in [4.69, 9.17) is 5.73 Å². The first kappa shape index (κ1) is 6.40. The van der Waals surface area contributed by atoms with Gasteiger partial charge in [-0.25, -0.2) is 0 Å². The van der Waals surface area contributed by atoms with Crippen LogP contribution in [0.5, 0.6) is 0 Å². The zero-order valence-electron chi connectivity index (χ0n) is 6.25. The monoisotopic (exact) mass is 146 g/mol. The van der Waals surface area contributed by atoms with Gasteiger partial charge in [0.1, 0.15) is 0 Å². The Bertz CT molecular complexity index is 302. The lowest BCUT2D eigenvalue weighted by Gasteiger charge is -2.09. The highest BCUT2D eigenvalue weighted by atomic mass is 14.7. The lowest BCUT2D eigenvalue weighted by Crippen LogP contribution is -2.01. The van der Waals surface area contributed by atoms with Crippen molar-refractivity contribution in [3.05, 3.63) is 35.7 Å². The fourth-order valence-corrected chi connectivity index (χ4v) is 1.32. The summed E-state index contributed by atoms with van der Waals surface area (Å²) < 4.78 is 0. The van der Waals surface area contributed by atoms with Crippen molar-refractivity contribution in [1.29, 1.82) is 0 Å². The quantitative estimate of drug-likeness (QED) is 0.560. The maximum absolute atomic E-state index is 5.60. The van der Waals surface area contributed by atoms with Gasteiger partial charge in [0.25, 0.3) is 0 Å². The van der Waals surface area contributed by atoms with Crippen LogP contribution in [0, 0.1) is 0 Å². The van der Waals surface area contributed by atoms with E-state index in [-0.39, 0.29) is 0 Å². The number of pyridine rings is 1. The summed E-state index contributed by atoms with van der Waals surface area (Å²) in [6, 6.07) is 2.01. The van der Waals surface area contributed by atoms with E-state index >= 15 is 0 Å². The van der Waals surface area contributed by atoms with Gasteiger partial charge in [-0.05, 0) is 18.1 Å². The molecule has 2 N–H and O–H groups in total. The number of nitrogen functional groups attached to an aromatic ring is 1. The molecule has 1 aromatic heterocycles. The number of hydrogen-bond acceptors (Lipinski definition) is 2. The fraction of sp³-hybridized carbons (Fsp3) is 0.222. The predicted octanol–water partition coefficient (Wildman–Crippen LogP) is 1.32. The van der Waals surface area contributed by atoms with E-state index in [2.05, 4.69) is 17.1 Å². The van der Waals surface area contributed by atoms with Crippen LogP contribution in [0.25, 0.3) is 0 Å². The van der Waals surface area contributed by atoms with Crippen molar-refractivity contribution >= 4 is 5.69 Å². The van der Waals surface area contributed by atoms with E-state index in [1.54, 1.807) is 6.20 Å². The minimum atomic E-state index is 0.763. The van der Waals surface area contributed by atoms with Crippen molar-refractivity contribution in [2.24, 2.45) is 0 Å². The highest BCUT2D eigenvalue weighted by molar-refractivity contribution is 5.42. The van der Waals surface area contributed by atoms with E-state index in [0.29, 0.717) is 0 Å². The summed E-state index contributed by atoms with van der Waals surface area (Å²) in [6.45, 7) is 0. The summed E-state index contributed by atoms with van der Waals surface area (Å²) in [4.78, 5) is 4.24. The molecule has 1 aromatic rings. The second kappa shape index (κ2) is 2.38. The van der Waals surface area contributed by atoms with Crippen molar-refractivity contribution in [1.82, 2.24) is 4.98 Å². The molecule has 0 atom stereocenters. The van der Waals surface area contributed by atoms with Crippen LogP contribution >= 0.6 is 0 Å². The predicted molar refractivity (Wildman–Crippen MR) is 45.2 cm³/mol. The smallest absolute Gasteiger partial charge is 0.0503 e. The van der Waals surface area contributed by atoms with Crippen molar-refractivity contribution in [2.45, 2.75) is 12.8 Å². The molecular formula is C9H10N2. The molecule has 2 rings (SSSR count). The third-order valence-electron chi connectivity index (χ3n) is 1.90. The second-order valence-corrected chi connectivity index (χ2v) is 2.75. The zero-order chi connectivity index (χ0) is 7.68. The summed E-state index contributed by atoms with van der Waals surface area (Å²) in [5, 5.41) is 0. The largest absolute Gasteiger partial charge is 0.397 e. The molecule has 1 aliphatic rings. The summed E-state index contributed by atoms with van der Waals surface area (Å²) in [7, 11) is 0. The summed E-state index contributed by atoms with van der Waals surface area (Å²) in [6.07, 6.45) is 7.95. The lowest BCUT2D eigenvalue weighted by atomic mass is 10.0. The third kappa shape index (κ3) is 1.11.